The summed E-state index contributed by atoms with van der Waals surface area (Å²) < 4.78 is 6.90. The normalized spacial score (nSPS) is 21.0. The zero-order valence-corrected chi connectivity index (χ0v) is 14.6. The van der Waals surface area contributed by atoms with Gasteiger partial charge in [0.25, 0.3) is 5.91 Å². The summed E-state index contributed by atoms with van der Waals surface area (Å²) in [7, 11) is 0. The Balaban J connectivity index is 2.05. The molecule has 1 saturated heterocycles. The predicted octanol–water partition coefficient (Wildman–Crippen LogP) is 4.23. The second-order valence-corrected chi connectivity index (χ2v) is 6.83. The molecule has 1 N–H and O–H groups in total. The van der Waals surface area contributed by atoms with Crippen molar-refractivity contribution in [2.45, 2.75) is 58.1 Å². The Morgan fingerprint density at radius 2 is 2.10 bits per heavy atom. The van der Waals surface area contributed by atoms with Crippen molar-refractivity contribution in [2.24, 2.45) is 0 Å². The Morgan fingerprint density at radius 1 is 1.38 bits per heavy atom. The Labute approximate surface area is 135 Å². The lowest BCUT2D eigenvalue weighted by Gasteiger charge is -2.40. The lowest BCUT2D eigenvalue weighted by atomic mass is 9.86. The lowest BCUT2D eigenvalue weighted by molar-refractivity contribution is -0.0917. The van der Waals surface area contributed by atoms with E-state index in [2.05, 4.69) is 35.1 Å². The average Bonchev–Trinajstić information content (AvgIpc) is 2.46. The number of hydrogen-bond donors (Lipinski definition) is 1. The topological polar surface area (TPSA) is 38.3 Å². The average molecular weight is 354 g/mol. The minimum atomic E-state index is -0.0661. The Hall–Kier alpha value is -0.870. The molecule has 1 unspecified atom stereocenters. The summed E-state index contributed by atoms with van der Waals surface area (Å²) in [6.45, 7) is 7.04. The highest BCUT2D eigenvalue weighted by molar-refractivity contribution is 9.10. The van der Waals surface area contributed by atoms with Gasteiger partial charge in [0.15, 0.2) is 0 Å². The standard InChI is InChI=1S/C17H24BrNO2/c1-4-17(5-2)11-15(6-7-21-17)19-16(20)13-8-12(3)9-14(18)10-13/h8-10,15H,4-7,11H2,1-3H3,(H,19,20). The molecule has 0 radical (unpaired) electrons. The van der Waals surface area contributed by atoms with Gasteiger partial charge in [-0.15, -0.1) is 0 Å². The predicted molar refractivity (Wildman–Crippen MR) is 88.6 cm³/mol. The lowest BCUT2D eigenvalue weighted by Crippen LogP contribution is -2.48. The van der Waals surface area contributed by atoms with Crippen LogP contribution in [0.5, 0.6) is 0 Å². The molecule has 0 saturated carbocycles. The van der Waals surface area contributed by atoms with E-state index in [-0.39, 0.29) is 17.6 Å². The third kappa shape index (κ3) is 4.07. The van der Waals surface area contributed by atoms with E-state index < -0.39 is 0 Å². The van der Waals surface area contributed by atoms with Gasteiger partial charge in [-0.2, -0.15) is 0 Å². The maximum Gasteiger partial charge on any atom is 0.251 e. The van der Waals surface area contributed by atoms with Gasteiger partial charge in [-0.25, -0.2) is 0 Å². The van der Waals surface area contributed by atoms with Gasteiger partial charge in [-0.1, -0.05) is 29.8 Å². The fourth-order valence-electron chi connectivity index (χ4n) is 3.03. The Kier molecular flexibility index (Phi) is 5.44. The van der Waals surface area contributed by atoms with Crippen LogP contribution >= 0.6 is 15.9 Å². The molecule has 1 aliphatic heterocycles. The first-order chi connectivity index (χ1) is 9.98. The van der Waals surface area contributed by atoms with Crippen LogP contribution in [0.15, 0.2) is 22.7 Å². The summed E-state index contributed by atoms with van der Waals surface area (Å²) in [5, 5.41) is 3.17. The number of benzene rings is 1. The van der Waals surface area contributed by atoms with E-state index in [9.17, 15) is 4.79 Å². The molecule has 1 aromatic rings. The first kappa shape index (κ1) is 16.5. The van der Waals surface area contributed by atoms with Crippen LogP contribution in [0.2, 0.25) is 0 Å². The van der Waals surface area contributed by atoms with Crippen molar-refractivity contribution in [3.8, 4) is 0 Å². The fourth-order valence-corrected chi connectivity index (χ4v) is 3.64. The third-order valence-electron chi connectivity index (χ3n) is 4.42. The molecule has 1 atom stereocenters. The first-order valence-electron chi connectivity index (χ1n) is 7.70. The van der Waals surface area contributed by atoms with Crippen molar-refractivity contribution in [1.29, 1.82) is 0 Å². The maximum absolute atomic E-state index is 12.4. The quantitative estimate of drug-likeness (QED) is 0.879. The minimum Gasteiger partial charge on any atom is -0.375 e. The van der Waals surface area contributed by atoms with Crippen LogP contribution in [0, 0.1) is 6.92 Å². The van der Waals surface area contributed by atoms with E-state index >= 15 is 0 Å². The molecule has 1 aliphatic rings. The highest BCUT2D eigenvalue weighted by atomic mass is 79.9. The van der Waals surface area contributed by atoms with Gasteiger partial charge in [-0.05, 0) is 56.4 Å². The van der Waals surface area contributed by atoms with Crippen molar-refractivity contribution in [1.82, 2.24) is 5.32 Å². The molecule has 4 heteroatoms. The summed E-state index contributed by atoms with van der Waals surface area (Å²) in [5.41, 5.74) is 1.73. The van der Waals surface area contributed by atoms with Gasteiger partial charge in [0.2, 0.25) is 0 Å². The molecule has 1 fully saturated rings. The van der Waals surface area contributed by atoms with Gasteiger partial charge in [0.05, 0.1) is 5.60 Å². The number of rotatable bonds is 4. The first-order valence-corrected chi connectivity index (χ1v) is 8.49. The number of carbonyl (C=O) groups excluding carboxylic acids is 1. The number of halogens is 1. The number of aryl methyl sites for hydroxylation is 1. The zero-order chi connectivity index (χ0) is 15.5. The minimum absolute atomic E-state index is 0.00686. The summed E-state index contributed by atoms with van der Waals surface area (Å²) in [5.74, 6) is 0.00686. The summed E-state index contributed by atoms with van der Waals surface area (Å²) >= 11 is 3.45. The molecular formula is C17H24BrNO2. The van der Waals surface area contributed by atoms with Gasteiger partial charge in [-0.3, -0.25) is 4.79 Å². The molecule has 1 heterocycles. The van der Waals surface area contributed by atoms with E-state index in [1.54, 1.807) is 0 Å². The molecule has 3 nitrogen and oxygen atoms in total. The molecule has 0 spiro atoms. The molecule has 116 valence electrons. The van der Waals surface area contributed by atoms with Crippen molar-refractivity contribution >= 4 is 21.8 Å². The number of hydrogen-bond acceptors (Lipinski definition) is 2. The number of amides is 1. The summed E-state index contributed by atoms with van der Waals surface area (Å²) in [6, 6.07) is 6.00. The van der Waals surface area contributed by atoms with Crippen molar-refractivity contribution < 1.29 is 9.53 Å². The summed E-state index contributed by atoms with van der Waals surface area (Å²) in [6.07, 6.45) is 3.77. The fraction of sp³-hybridized carbons (Fsp3) is 0.588. The van der Waals surface area contributed by atoms with Crippen LogP contribution in [-0.4, -0.2) is 24.2 Å². The molecule has 1 amide bonds. The van der Waals surface area contributed by atoms with Crippen molar-refractivity contribution in [2.75, 3.05) is 6.61 Å². The number of nitrogens with one attached hydrogen (secondary N) is 1. The maximum atomic E-state index is 12.4. The molecular weight excluding hydrogens is 330 g/mol. The van der Waals surface area contributed by atoms with Gasteiger partial charge in [0, 0.05) is 22.7 Å². The van der Waals surface area contributed by atoms with Crippen molar-refractivity contribution in [3.05, 3.63) is 33.8 Å². The highest BCUT2D eigenvalue weighted by Crippen LogP contribution is 2.31. The Bertz CT molecular complexity index is 491. The van der Waals surface area contributed by atoms with Crippen molar-refractivity contribution in [3.63, 3.8) is 0 Å². The van der Waals surface area contributed by atoms with Crippen LogP contribution in [0.3, 0.4) is 0 Å². The van der Waals surface area contributed by atoms with E-state index in [0.717, 1.165) is 42.3 Å². The van der Waals surface area contributed by atoms with Gasteiger partial charge >= 0.3 is 0 Å². The molecule has 1 aromatic carbocycles. The molecule has 0 bridgehead atoms. The molecule has 2 rings (SSSR count). The summed E-state index contributed by atoms with van der Waals surface area (Å²) in [4.78, 5) is 12.4. The second-order valence-electron chi connectivity index (χ2n) is 5.92. The molecule has 0 aromatic heterocycles. The van der Waals surface area contributed by atoms with E-state index in [0.29, 0.717) is 5.56 Å². The largest absolute Gasteiger partial charge is 0.375 e. The van der Waals surface area contributed by atoms with Crippen LogP contribution in [0.25, 0.3) is 0 Å². The smallest absolute Gasteiger partial charge is 0.251 e. The number of carbonyl (C=O) groups is 1. The second kappa shape index (κ2) is 6.93. The van der Waals surface area contributed by atoms with Crippen LogP contribution in [0.1, 0.15) is 55.5 Å². The van der Waals surface area contributed by atoms with E-state index in [4.69, 9.17) is 4.74 Å². The van der Waals surface area contributed by atoms with Crippen LogP contribution in [-0.2, 0) is 4.74 Å². The monoisotopic (exact) mass is 353 g/mol. The number of ether oxygens (including phenoxy) is 1. The SMILES string of the molecule is CCC1(CC)CC(NC(=O)c2cc(C)cc(Br)c2)CCO1. The molecule has 0 aliphatic carbocycles. The highest BCUT2D eigenvalue weighted by Gasteiger charge is 2.35. The van der Waals surface area contributed by atoms with Crippen LogP contribution in [0.4, 0.5) is 0 Å². The Morgan fingerprint density at radius 3 is 2.71 bits per heavy atom. The van der Waals surface area contributed by atoms with Crippen LogP contribution < -0.4 is 5.32 Å². The van der Waals surface area contributed by atoms with Gasteiger partial charge < -0.3 is 10.1 Å². The molecule has 21 heavy (non-hydrogen) atoms. The third-order valence-corrected chi connectivity index (χ3v) is 4.88. The van der Waals surface area contributed by atoms with E-state index in [1.807, 2.05) is 25.1 Å². The zero-order valence-electron chi connectivity index (χ0n) is 13.0. The van der Waals surface area contributed by atoms with Gasteiger partial charge in [0.1, 0.15) is 0 Å². The van der Waals surface area contributed by atoms with E-state index in [1.165, 1.54) is 0 Å².